The summed E-state index contributed by atoms with van der Waals surface area (Å²) in [4.78, 5) is 12.7. The van der Waals surface area contributed by atoms with Crippen LogP contribution < -0.4 is 10.6 Å². The number of nitrogens with zero attached hydrogens (tertiary/aromatic N) is 2. The van der Waals surface area contributed by atoms with E-state index in [0.29, 0.717) is 12.1 Å². The highest BCUT2D eigenvalue weighted by Gasteiger charge is 2.21. The molecule has 1 aromatic heterocycles. The van der Waals surface area contributed by atoms with E-state index in [9.17, 15) is 4.79 Å². The third kappa shape index (κ3) is 3.99. The fraction of sp³-hybridized carbons (Fsp3) is 0.400. The monoisotopic (exact) mass is 338 g/mol. The molecular weight excluding hydrogens is 312 g/mol. The first-order chi connectivity index (χ1) is 12.1. The Morgan fingerprint density at radius 3 is 2.72 bits per heavy atom. The maximum absolute atomic E-state index is 12.7. The fourth-order valence-electron chi connectivity index (χ4n) is 3.10. The lowest BCUT2D eigenvalue weighted by Gasteiger charge is -2.16. The molecule has 3 rings (SSSR count). The smallest absolute Gasteiger partial charge is 0.255 e. The summed E-state index contributed by atoms with van der Waals surface area (Å²) in [6.45, 7) is 8.71. The maximum Gasteiger partial charge on any atom is 0.255 e. The van der Waals surface area contributed by atoms with Crippen molar-refractivity contribution in [3.05, 3.63) is 58.9 Å². The normalized spacial score (nSPS) is 14.5. The minimum Gasteiger partial charge on any atom is -0.348 e. The highest BCUT2D eigenvalue weighted by atomic mass is 16.1. The topological polar surface area (TPSA) is 59.0 Å². The molecule has 0 aliphatic carbocycles. The third-order valence-electron chi connectivity index (χ3n) is 4.51. The van der Waals surface area contributed by atoms with E-state index < -0.39 is 0 Å². The highest BCUT2D eigenvalue weighted by molar-refractivity contribution is 5.95. The van der Waals surface area contributed by atoms with Gasteiger partial charge in [0, 0.05) is 13.1 Å². The molecule has 0 spiro atoms. The van der Waals surface area contributed by atoms with Crippen LogP contribution in [0.2, 0.25) is 0 Å². The molecule has 1 aliphatic rings. The molecule has 1 aromatic carbocycles. The molecular formula is C20H26N4O. The van der Waals surface area contributed by atoms with Gasteiger partial charge in [-0.25, -0.2) is 4.68 Å². The van der Waals surface area contributed by atoms with Crippen LogP contribution in [0.5, 0.6) is 0 Å². The predicted molar refractivity (Wildman–Crippen MR) is 100 cm³/mol. The number of hydrogen-bond donors (Lipinski definition) is 2. The second-order valence-corrected chi connectivity index (χ2v) is 6.84. The number of benzene rings is 1. The van der Waals surface area contributed by atoms with Crippen LogP contribution in [0, 0.1) is 6.92 Å². The van der Waals surface area contributed by atoms with E-state index in [1.807, 2.05) is 16.8 Å². The lowest BCUT2D eigenvalue weighted by Crippen LogP contribution is -2.30. The van der Waals surface area contributed by atoms with Gasteiger partial charge < -0.3 is 10.6 Å². The zero-order chi connectivity index (χ0) is 17.8. The van der Waals surface area contributed by atoms with Crippen LogP contribution in [0.1, 0.15) is 47.8 Å². The highest BCUT2D eigenvalue weighted by Crippen LogP contribution is 2.23. The molecule has 0 saturated carbocycles. The van der Waals surface area contributed by atoms with Crippen LogP contribution in [-0.4, -0.2) is 35.3 Å². The Morgan fingerprint density at radius 2 is 2.08 bits per heavy atom. The molecule has 5 heteroatoms. The van der Waals surface area contributed by atoms with Gasteiger partial charge in [-0.3, -0.25) is 4.79 Å². The first-order valence-electron chi connectivity index (χ1n) is 8.88. The van der Waals surface area contributed by atoms with Crippen LogP contribution in [0.15, 0.2) is 42.1 Å². The molecule has 0 fully saturated rings. The Hall–Kier alpha value is -2.40. The Bertz CT molecular complexity index is 771. The van der Waals surface area contributed by atoms with Crippen LogP contribution in [-0.2, 0) is 0 Å². The Labute approximate surface area is 149 Å². The zero-order valence-electron chi connectivity index (χ0n) is 15.2. The van der Waals surface area contributed by atoms with Gasteiger partial charge in [0.15, 0.2) is 0 Å². The standard InChI is InChI=1S/C20H26N4O/c1-14(2)19-18(20(25)22-12-16-8-10-21-11-9-16)13-23-24(19)17-6-4-15(3)5-7-17/h4-8,13-14,21H,9-12H2,1-3H3,(H,22,25). The summed E-state index contributed by atoms with van der Waals surface area (Å²) >= 11 is 0. The van der Waals surface area contributed by atoms with Gasteiger partial charge in [0.05, 0.1) is 23.1 Å². The molecule has 0 saturated heterocycles. The fourth-order valence-corrected chi connectivity index (χ4v) is 3.10. The van der Waals surface area contributed by atoms with Gasteiger partial charge in [0.2, 0.25) is 0 Å². The largest absolute Gasteiger partial charge is 0.348 e. The van der Waals surface area contributed by atoms with Crippen molar-refractivity contribution in [3.8, 4) is 5.69 Å². The molecule has 0 atom stereocenters. The second kappa shape index (κ2) is 7.66. The van der Waals surface area contributed by atoms with Gasteiger partial charge in [-0.05, 0) is 37.9 Å². The summed E-state index contributed by atoms with van der Waals surface area (Å²) in [6, 6.07) is 8.19. The summed E-state index contributed by atoms with van der Waals surface area (Å²) in [5.74, 6) is 0.143. The van der Waals surface area contributed by atoms with Crippen molar-refractivity contribution >= 4 is 5.91 Å². The molecule has 25 heavy (non-hydrogen) atoms. The second-order valence-electron chi connectivity index (χ2n) is 6.84. The van der Waals surface area contributed by atoms with Crippen LogP contribution in [0.4, 0.5) is 0 Å². The first-order valence-corrected chi connectivity index (χ1v) is 8.88. The van der Waals surface area contributed by atoms with E-state index in [1.54, 1.807) is 6.20 Å². The first kappa shape index (κ1) is 17.4. The SMILES string of the molecule is Cc1ccc(-n2ncc(C(=O)NCC3=CCNCC3)c2C(C)C)cc1. The Balaban J connectivity index is 1.82. The van der Waals surface area contributed by atoms with Crippen LogP contribution in [0.25, 0.3) is 5.69 Å². The molecule has 1 amide bonds. The van der Waals surface area contributed by atoms with Crippen LogP contribution >= 0.6 is 0 Å². The summed E-state index contributed by atoms with van der Waals surface area (Å²) in [5, 5.41) is 10.8. The number of nitrogens with one attached hydrogen (secondary N) is 2. The summed E-state index contributed by atoms with van der Waals surface area (Å²) in [6.07, 6.45) is 4.82. The van der Waals surface area contributed by atoms with Crippen molar-refractivity contribution in [1.82, 2.24) is 20.4 Å². The molecule has 1 aliphatic heterocycles. The van der Waals surface area contributed by atoms with Gasteiger partial charge in [0.25, 0.3) is 5.91 Å². The lowest BCUT2D eigenvalue weighted by molar-refractivity contribution is 0.0955. The zero-order valence-corrected chi connectivity index (χ0v) is 15.2. The minimum atomic E-state index is -0.0542. The van der Waals surface area contributed by atoms with Crippen molar-refractivity contribution in [1.29, 1.82) is 0 Å². The van der Waals surface area contributed by atoms with Crippen molar-refractivity contribution in [3.63, 3.8) is 0 Å². The van der Waals surface area contributed by atoms with E-state index in [4.69, 9.17) is 0 Å². The number of carbonyl (C=O) groups is 1. The van der Waals surface area contributed by atoms with E-state index in [-0.39, 0.29) is 11.8 Å². The van der Waals surface area contributed by atoms with E-state index in [2.05, 4.69) is 54.7 Å². The molecule has 132 valence electrons. The van der Waals surface area contributed by atoms with Crippen molar-refractivity contribution < 1.29 is 4.79 Å². The molecule has 0 radical (unpaired) electrons. The van der Waals surface area contributed by atoms with Gasteiger partial charge >= 0.3 is 0 Å². The van der Waals surface area contributed by atoms with E-state index in [0.717, 1.165) is 30.9 Å². The Morgan fingerprint density at radius 1 is 1.32 bits per heavy atom. The van der Waals surface area contributed by atoms with Gasteiger partial charge in [-0.2, -0.15) is 5.10 Å². The van der Waals surface area contributed by atoms with E-state index in [1.165, 1.54) is 11.1 Å². The van der Waals surface area contributed by atoms with Crippen molar-refractivity contribution in [2.75, 3.05) is 19.6 Å². The number of rotatable bonds is 5. The van der Waals surface area contributed by atoms with E-state index >= 15 is 0 Å². The maximum atomic E-state index is 12.7. The number of aromatic nitrogens is 2. The van der Waals surface area contributed by atoms with Crippen molar-refractivity contribution in [2.24, 2.45) is 0 Å². The summed E-state index contributed by atoms with van der Waals surface area (Å²) in [7, 11) is 0. The number of aryl methyl sites for hydroxylation is 1. The average Bonchev–Trinajstić information content (AvgIpc) is 3.06. The lowest BCUT2D eigenvalue weighted by atomic mass is 10.0. The van der Waals surface area contributed by atoms with Crippen molar-refractivity contribution in [2.45, 2.75) is 33.1 Å². The summed E-state index contributed by atoms with van der Waals surface area (Å²) < 4.78 is 1.88. The average molecular weight is 338 g/mol. The van der Waals surface area contributed by atoms with Crippen LogP contribution in [0.3, 0.4) is 0 Å². The summed E-state index contributed by atoms with van der Waals surface area (Å²) in [5.41, 5.74) is 5.07. The molecule has 2 heterocycles. The number of amides is 1. The number of carbonyl (C=O) groups excluding carboxylic acids is 1. The quantitative estimate of drug-likeness (QED) is 0.824. The Kier molecular flexibility index (Phi) is 5.34. The molecule has 0 unspecified atom stereocenters. The molecule has 0 bridgehead atoms. The third-order valence-corrected chi connectivity index (χ3v) is 4.51. The predicted octanol–water partition coefficient (Wildman–Crippen LogP) is 2.95. The van der Waals surface area contributed by atoms with Gasteiger partial charge in [0.1, 0.15) is 0 Å². The molecule has 2 N–H and O–H groups in total. The molecule has 5 nitrogen and oxygen atoms in total. The number of hydrogen-bond acceptors (Lipinski definition) is 3. The van der Waals surface area contributed by atoms with Gasteiger partial charge in [-0.1, -0.05) is 43.2 Å². The molecule has 2 aromatic rings. The minimum absolute atomic E-state index is 0.0542. The van der Waals surface area contributed by atoms with Gasteiger partial charge in [-0.15, -0.1) is 0 Å².